The molecule has 1 saturated heterocycles. The molecule has 0 amide bonds. The minimum atomic E-state index is 0.393. The fraction of sp³-hybridized carbons (Fsp3) is 0.533. The van der Waals surface area contributed by atoms with Gasteiger partial charge >= 0.3 is 0 Å². The third kappa shape index (κ3) is 3.33. The highest BCUT2D eigenvalue weighted by Gasteiger charge is 2.22. The van der Waals surface area contributed by atoms with Gasteiger partial charge in [0.05, 0.1) is 7.11 Å². The molecule has 1 aliphatic rings. The minimum Gasteiger partial charge on any atom is -0.497 e. The quantitative estimate of drug-likeness (QED) is 0.817. The highest BCUT2D eigenvalue weighted by molar-refractivity contribution is 5.79. The Hall–Kier alpha value is -1.35. The van der Waals surface area contributed by atoms with Gasteiger partial charge in [0.25, 0.3) is 0 Å². The van der Waals surface area contributed by atoms with E-state index < -0.39 is 0 Å². The molecule has 0 bridgehead atoms. The highest BCUT2D eigenvalue weighted by Crippen LogP contribution is 2.16. The first kappa shape index (κ1) is 13.1. The molecule has 0 radical (unpaired) electrons. The fourth-order valence-electron chi connectivity index (χ4n) is 2.45. The molecule has 18 heavy (non-hydrogen) atoms. The molecule has 3 heteroatoms. The van der Waals surface area contributed by atoms with Crippen molar-refractivity contribution in [3.8, 4) is 5.75 Å². The molecular formula is C15H21NO2. The molecule has 1 heterocycles. The van der Waals surface area contributed by atoms with E-state index in [1.54, 1.807) is 7.11 Å². The van der Waals surface area contributed by atoms with E-state index in [-0.39, 0.29) is 0 Å². The van der Waals surface area contributed by atoms with Crippen molar-refractivity contribution in [3.63, 3.8) is 0 Å². The van der Waals surface area contributed by atoms with Gasteiger partial charge in [-0.25, -0.2) is 0 Å². The normalized spacial score (nSPS) is 21.0. The van der Waals surface area contributed by atoms with E-state index in [9.17, 15) is 4.79 Å². The van der Waals surface area contributed by atoms with E-state index >= 15 is 0 Å². The van der Waals surface area contributed by atoms with Crippen LogP contribution in [0.1, 0.15) is 25.3 Å². The molecule has 0 N–H and O–H groups in total. The molecule has 2 rings (SSSR count). The van der Waals surface area contributed by atoms with Gasteiger partial charge in [-0.3, -0.25) is 9.69 Å². The molecule has 0 aliphatic carbocycles. The van der Waals surface area contributed by atoms with Gasteiger partial charge in [-0.15, -0.1) is 0 Å². The van der Waals surface area contributed by atoms with Crippen LogP contribution < -0.4 is 4.74 Å². The summed E-state index contributed by atoms with van der Waals surface area (Å²) in [6, 6.07) is 8.61. The molecular weight excluding hydrogens is 226 g/mol. The number of methoxy groups -OCH3 is 1. The Labute approximate surface area is 109 Å². The van der Waals surface area contributed by atoms with Crippen LogP contribution in [-0.2, 0) is 11.2 Å². The first-order valence-corrected chi connectivity index (χ1v) is 6.57. The number of nitrogens with zero attached hydrogens (tertiary/aromatic N) is 1. The number of hydrogen-bond donors (Lipinski definition) is 0. The van der Waals surface area contributed by atoms with Gasteiger partial charge in [0.15, 0.2) is 0 Å². The highest BCUT2D eigenvalue weighted by atomic mass is 16.5. The Kier molecular flexibility index (Phi) is 4.37. The summed E-state index contributed by atoms with van der Waals surface area (Å²) in [5, 5.41) is 0. The zero-order valence-corrected chi connectivity index (χ0v) is 11.2. The summed E-state index contributed by atoms with van der Waals surface area (Å²) in [6.45, 7) is 4.09. The summed E-state index contributed by atoms with van der Waals surface area (Å²) >= 11 is 0. The molecule has 98 valence electrons. The number of benzene rings is 1. The lowest BCUT2D eigenvalue weighted by atomic mass is 10.0. The van der Waals surface area contributed by atoms with Crippen LogP contribution in [0.5, 0.6) is 5.75 Å². The average Bonchev–Trinajstić information content (AvgIpc) is 2.38. The molecule has 1 unspecified atom stereocenters. The summed E-state index contributed by atoms with van der Waals surface area (Å²) in [4.78, 5) is 13.7. The Morgan fingerprint density at radius 1 is 1.33 bits per heavy atom. The molecule has 1 atom stereocenters. The Bertz CT molecular complexity index is 399. The van der Waals surface area contributed by atoms with Gasteiger partial charge in [0.2, 0.25) is 0 Å². The van der Waals surface area contributed by atoms with Crippen molar-refractivity contribution >= 4 is 5.78 Å². The smallest absolute Gasteiger partial charge is 0.135 e. The SMILES string of the molecule is COc1ccc(CCN2CCC(=O)CC2C)cc1. The van der Waals surface area contributed by atoms with Crippen LogP contribution in [0.15, 0.2) is 24.3 Å². The van der Waals surface area contributed by atoms with Gasteiger partial charge in [0.1, 0.15) is 11.5 Å². The number of likely N-dealkylation sites (tertiary alicyclic amines) is 1. The molecule has 3 nitrogen and oxygen atoms in total. The third-order valence-corrected chi connectivity index (χ3v) is 3.67. The van der Waals surface area contributed by atoms with Gasteiger partial charge < -0.3 is 4.74 Å². The average molecular weight is 247 g/mol. The number of carbonyl (C=O) groups is 1. The van der Waals surface area contributed by atoms with Crippen molar-refractivity contribution in [3.05, 3.63) is 29.8 Å². The number of Topliss-reactive ketones (excluding diaryl/α,β-unsaturated/α-hetero) is 1. The molecule has 1 aromatic rings. The molecule has 0 aromatic heterocycles. The molecule has 0 spiro atoms. The van der Waals surface area contributed by atoms with E-state index in [0.29, 0.717) is 24.7 Å². The van der Waals surface area contributed by atoms with E-state index in [4.69, 9.17) is 4.74 Å². The van der Waals surface area contributed by atoms with Crippen molar-refractivity contribution < 1.29 is 9.53 Å². The fourth-order valence-corrected chi connectivity index (χ4v) is 2.45. The van der Waals surface area contributed by atoms with E-state index in [1.165, 1.54) is 5.56 Å². The predicted octanol–water partition coefficient (Wildman–Crippen LogP) is 2.29. The van der Waals surface area contributed by atoms with Crippen LogP contribution in [0, 0.1) is 0 Å². The predicted molar refractivity (Wildman–Crippen MR) is 72.0 cm³/mol. The number of hydrogen-bond acceptors (Lipinski definition) is 3. The van der Waals surface area contributed by atoms with Gasteiger partial charge in [-0.2, -0.15) is 0 Å². The second-order valence-electron chi connectivity index (χ2n) is 4.98. The standard InChI is InChI=1S/C15H21NO2/c1-12-11-14(17)8-10-16(12)9-7-13-3-5-15(18-2)6-4-13/h3-6,12H,7-11H2,1-2H3. The van der Waals surface area contributed by atoms with Crippen LogP contribution in [0.25, 0.3) is 0 Å². The largest absolute Gasteiger partial charge is 0.497 e. The van der Waals surface area contributed by atoms with Crippen LogP contribution in [0.3, 0.4) is 0 Å². The molecule has 1 aliphatic heterocycles. The van der Waals surface area contributed by atoms with Crippen molar-refractivity contribution in [1.29, 1.82) is 0 Å². The van der Waals surface area contributed by atoms with Gasteiger partial charge in [-0.1, -0.05) is 12.1 Å². The van der Waals surface area contributed by atoms with Crippen molar-refractivity contribution in [2.45, 2.75) is 32.2 Å². The van der Waals surface area contributed by atoms with Crippen LogP contribution in [-0.4, -0.2) is 36.9 Å². The van der Waals surface area contributed by atoms with Gasteiger partial charge in [0, 0.05) is 32.0 Å². The zero-order chi connectivity index (χ0) is 13.0. The van der Waals surface area contributed by atoms with E-state index in [0.717, 1.165) is 25.3 Å². The Balaban J connectivity index is 1.85. The third-order valence-electron chi connectivity index (χ3n) is 3.67. The maximum atomic E-state index is 11.3. The van der Waals surface area contributed by atoms with E-state index in [2.05, 4.69) is 24.0 Å². The number of ether oxygens (including phenoxy) is 1. The summed E-state index contributed by atoms with van der Waals surface area (Å²) in [5.74, 6) is 1.30. The maximum Gasteiger partial charge on any atom is 0.135 e. The Morgan fingerprint density at radius 2 is 2.06 bits per heavy atom. The molecule has 1 aromatic carbocycles. The number of ketones is 1. The molecule has 1 fully saturated rings. The van der Waals surface area contributed by atoms with Crippen molar-refractivity contribution in [2.24, 2.45) is 0 Å². The monoisotopic (exact) mass is 247 g/mol. The topological polar surface area (TPSA) is 29.5 Å². The van der Waals surface area contributed by atoms with Crippen LogP contribution >= 0.6 is 0 Å². The van der Waals surface area contributed by atoms with E-state index in [1.807, 2.05) is 12.1 Å². The minimum absolute atomic E-state index is 0.393. The van der Waals surface area contributed by atoms with Crippen molar-refractivity contribution in [1.82, 2.24) is 4.90 Å². The number of piperidine rings is 1. The van der Waals surface area contributed by atoms with Crippen molar-refractivity contribution in [2.75, 3.05) is 20.2 Å². The summed E-state index contributed by atoms with van der Waals surface area (Å²) in [5.41, 5.74) is 1.32. The second-order valence-corrected chi connectivity index (χ2v) is 4.98. The lowest BCUT2D eigenvalue weighted by molar-refractivity contribution is -0.122. The van der Waals surface area contributed by atoms with Crippen LogP contribution in [0.2, 0.25) is 0 Å². The Morgan fingerprint density at radius 3 is 2.67 bits per heavy atom. The molecule has 0 saturated carbocycles. The lowest BCUT2D eigenvalue weighted by Gasteiger charge is -2.32. The summed E-state index contributed by atoms with van der Waals surface area (Å²) in [6.07, 6.45) is 2.46. The summed E-state index contributed by atoms with van der Waals surface area (Å²) in [7, 11) is 1.68. The second kappa shape index (κ2) is 6.01. The zero-order valence-electron chi connectivity index (χ0n) is 11.2. The lowest BCUT2D eigenvalue weighted by Crippen LogP contribution is -2.41. The first-order chi connectivity index (χ1) is 8.69. The first-order valence-electron chi connectivity index (χ1n) is 6.57. The maximum absolute atomic E-state index is 11.3. The van der Waals surface area contributed by atoms with Gasteiger partial charge in [-0.05, 0) is 31.0 Å². The number of rotatable bonds is 4. The number of carbonyl (C=O) groups excluding carboxylic acids is 1. The van der Waals surface area contributed by atoms with Crippen LogP contribution in [0.4, 0.5) is 0 Å². The summed E-state index contributed by atoms with van der Waals surface area (Å²) < 4.78 is 5.14.